The molecule has 2 fully saturated rings. The van der Waals surface area contributed by atoms with Crippen LogP contribution in [0.4, 0.5) is 0 Å². The Balaban J connectivity index is 1.56. The zero-order valence-electron chi connectivity index (χ0n) is 9.33. The Labute approximate surface area is 86.8 Å². The van der Waals surface area contributed by atoms with E-state index in [4.69, 9.17) is 4.74 Å². The van der Waals surface area contributed by atoms with Gasteiger partial charge in [-0.15, -0.1) is 0 Å². The van der Waals surface area contributed by atoms with Crippen LogP contribution in [0.15, 0.2) is 0 Å². The van der Waals surface area contributed by atoms with E-state index in [0.717, 1.165) is 12.0 Å². The van der Waals surface area contributed by atoms with E-state index < -0.39 is 0 Å². The fourth-order valence-corrected chi connectivity index (χ4v) is 2.45. The number of rotatable bonds is 4. The third kappa shape index (κ3) is 2.47. The third-order valence-electron chi connectivity index (χ3n) is 3.61. The molecule has 3 nitrogen and oxygen atoms in total. The summed E-state index contributed by atoms with van der Waals surface area (Å²) < 4.78 is 5.26. The van der Waals surface area contributed by atoms with E-state index in [0.29, 0.717) is 6.10 Å². The van der Waals surface area contributed by atoms with E-state index in [1.165, 1.54) is 38.9 Å². The molecule has 0 spiro atoms. The van der Waals surface area contributed by atoms with Crippen LogP contribution in [-0.4, -0.2) is 50.8 Å². The van der Waals surface area contributed by atoms with E-state index in [2.05, 4.69) is 17.3 Å². The number of hydrogen-bond donors (Lipinski definition) is 1. The molecule has 1 aliphatic carbocycles. The van der Waals surface area contributed by atoms with Gasteiger partial charge in [0.2, 0.25) is 0 Å². The highest BCUT2D eigenvalue weighted by molar-refractivity contribution is 4.87. The SMILES string of the molecule is COC1CC(NCC2CCN(C)C2)C1. The van der Waals surface area contributed by atoms with Crippen LogP contribution in [0.3, 0.4) is 0 Å². The van der Waals surface area contributed by atoms with Crippen molar-refractivity contribution >= 4 is 0 Å². The van der Waals surface area contributed by atoms with E-state index in [1.54, 1.807) is 0 Å². The molecule has 1 N–H and O–H groups in total. The zero-order chi connectivity index (χ0) is 9.97. The van der Waals surface area contributed by atoms with Gasteiger partial charge in [0.1, 0.15) is 0 Å². The van der Waals surface area contributed by atoms with E-state index >= 15 is 0 Å². The summed E-state index contributed by atoms with van der Waals surface area (Å²) in [5.74, 6) is 0.876. The Morgan fingerprint density at radius 2 is 2.21 bits per heavy atom. The summed E-state index contributed by atoms with van der Waals surface area (Å²) in [7, 11) is 4.02. The van der Waals surface area contributed by atoms with Crippen LogP contribution in [0.5, 0.6) is 0 Å². The van der Waals surface area contributed by atoms with Crippen molar-refractivity contribution in [2.75, 3.05) is 33.8 Å². The van der Waals surface area contributed by atoms with Crippen LogP contribution in [-0.2, 0) is 4.74 Å². The lowest BCUT2D eigenvalue weighted by molar-refractivity contribution is 0.0166. The summed E-state index contributed by atoms with van der Waals surface area (Å²) in [6, 6.07) is 0.728. The first-order chi connectivity index (χ1) is 6.78. The van der Waals surface area contributed by atoms with Crippen molar-refractivity contribution in [1.82, 2.24) is 10.2 Å². The van der Waals surface area contributed by atoms with Crippen LogP contribution >= 0.6 is 0 Å². The van der Waals surface area contributed by atoms with Crippen LogP contribution in [0.1, 0.15) is 19.3 Å². The first-order valence-corrected chi connectivity index (χ1v) is 5.72. The van der Waals surface area contributed by atoms with Gasteiger partial charge in [-0.2, -0.15) is 0 Å². The van der Waals surface area contributed by atoms with E-state index in [1.807, 2.05) is 7.11 Å². The Morgan fingerprint density at radius 3 is 2.79 bits per heavy atom. The van der Waals surface area contributed by atoms with Gasteiger partial charge in [0.05, 0.1) is 6.10 Å². The van der Waals surface area contributed by atoms with Gasteiger partial charge < -0.3 is 15.0 Å². The average Bonchev–Trinajstić information content (AvgIpc) is 2.49. The van der Waals surface area contributed by atoms with Crippen LogP contribution in [0.2, 0.25) is 0 Å². The van der Waals surface area contributed by atoms with Gasteiger partial charge in [-0.3, -0.25) is 0 Å². The number of hydrogen-bond acceptors (Lipinski definition) is 3. The fraction of sp³-hybridized carbons (Fsp3) is 1.00. The molecule has 1 unspecified atom stereocenters. The summed E-state index contributed by atoms with van der Waals surface area (Å²) in [5, 5.41) is 3.64. The van der Waals surface area contributed by atoms with Gasteiger partial charge in [-0.05, 0) is 45.3 Å². The maximum Gasteiger partial charge on any atom is 0.0601 e. The fourth-order valence-electron chi connectivity index (χ4n) is 2.45. The highest BCUT2D eigenvalue weighted by Gasteiger charge is 2.29. The van der Waals surface area contributed by atoms with E-state index in [-0.39, 0.29) is 0 Å². The van der Waals surface area contributed by atoms with Crippen molar-refractivity contribution in [3.63, 3.8) is 0 Å². The van der Waals surface area contributed by atoms with Gasteiger partial charge in [0.15, 0.2) is 0 Å². The normalized spacial score (nSPS) is 38.6. The Hall–Kier alpha value is -0.120. The molecule has 1 atom stereocenters. The van der Waals surface area contributed by atoms with Crippen molar-refractivity contribution in [2.24, 2.45) is 5.92 Å². The lowest BCUT2D eigenvalue weighted by Crippen LogP contribution is -2.46. The van der Waals surface area contributed by atoms with Crippen molar-refractivity contribution in [3.05, 3.63) is 0 Å². The van der Waals surface area contributed by atoms with Gasteiger partial charge >= 0.3 is 0 Å². The number of nitrogens with one attached hydrogen (secondary N) is 1. The minimum absolute atomic E-state index is 0.527. The molecule has 14 heavy (non-hydrogen) atoms. The highest BCUT2D eigenvalue weighted by atomic mass is 16.5. The van der Waals surface area contributed by atoms with Gasteiger partial charge in [-0.1, -0.05) is 0 Å². The third-order valence-corrected chi connectivity index (χ3v) is 3.61. The molecule has 2 aliphatic rings. The molecule has 2 rings (SSSR count). The number of nitrogens with zero attached hydrogens (tertiary/aromatic N) is 1. The highest BCUT2D eigenvalue weighted by Crippen LogP contribution is 2.23. The molecule has 0 aromatic heterocycles. The van der Waals surface area contributed by atoms with Crippen molar-refractivity contribution in [1.29, 1.82) is 0 Å². The molecule has 0 aromatic rings. The van der Waals surface area contributed by atoms with E-state index in [9.17, 15) is 0 Å². The van der Waals surface area contributed by atoms with Crippen molar-refractivity contribution in [2.45, 2.75) is 31.4 Å². The molecule has 1 heterocycles. The number of likely N-dealkylation sites (tertiary alicyclic amines) is 1. The summed E-state index contributed by atoms with van der Waals surface area (Å²) in [5.41, 5.74) is 0. The van der Waals surface area contributed by atoms with Crippen molar-refractivity contribution in [3.8, 4) is 0 Å². The molecule has 0 radical (unpaired) electrons. The van der Waals surface area contributed by atoms with Crippen LogP contribution in [0, 0.1) is 5.92 Å². The zero-order valence-corrected chi connectivity index (χ0v) is 9.33. The summed E-state index contributed by atoms with van der Waals surface area (Å²) in [4.78, 5) is 2.42. The first-order valence-electron chi connectivity index (χ1n) is 5.72. The van der Waals surface area contributed by atoms with Crippen LogP contribution < -0.4 is 5.32 Å². The van der Waals surface area contributed by atoms with Gasteiger partial charge in [-0.25, -0.2) is 0 Å². The molecule has 0 aromatic carbocycles. The second-order valence-electron chi connectivity index (χ2n) is 4.85. The Kier molecular flexibility index (Phi) is 3.42. The standard InChI is InChI=1S/C11H22N2O/c1-13-4-3-9(8-13)7-12-10-5-11(6-10)14-2/h9-12H,3-8H2,1-2H3. The molecule has 0 bridgehead atoms. The second-order valence-corrected chi connectivity index (χ2v) is 4.85. The molecule has 1 saturated carbocycles. The van der Waals surface area contributed by atoms with Crippen LogP contribution in [0.25, 0.3) is 0 Å². The molecule has 0 amide bonds. The minimum Gasteiger partial charge on any atom is -0.381 e. The topological polar surface area (TPSA) is 24.5 Å². The molecular formula is C11H22N2O. The smallest absolute Gasteiger partial charge is 0.0601 e. The maximum absolute atomic E-state index is 5.26. The first kappa shape index (κ1) is 10.4. The summed E-state index contributed by atoms with van der Waals surface area (Å²) in [6.07, 6.45) is 4.31. The van der Waals surface area contributed by atoms with Gasteiger partial charge in [0.25, 0.3) is 0 Å². The largest absolute Gasteiger partial charge is 0.381 e. The molecule has 3 heteroatoms. The summed E-state index contributed by atoms with van der Waals surface area (Å²) in [6.45, 7) is 3.75. The summed E-state index contributed by atoms with van der Waals surface area (Å²) >= 11 is 0. The Bertz CT molecular complexity index is 180. The predicted octanol–water partition coefficient (Wildman–Crippen LogP) is 0.705. The lowest BCUT2D eigenvalue weighted by Gasteiger charge is -2.35. The molecular weight excluding hydrogens is 176 g/mol. The quantitative estimate of drug-likeness (QED) is 0.720. The minimum atomic E-state index is 0.527. The van der Waals surface area contributed by atoms with Gasteiger partial charge in [0, 0.05) is 19.7 Å². The average molecular weight is 198 g/mol. The molecule has 1 aliphatic heterocycles. The number of ether oxygens (including phenoxy) is 1. The number of methoxy groups -OCH3 is 1. The molecule has 82 valence electrons. The lowest BCUT2D eigenvalue weighted by atomic mass is 9.89. The molecule has 1 saturated heterocycles. The van der Waals surface area contributed by atoms with Crippen molar-refractivity contribution < 1.29 is 4.74 Å². The monoisotopic (exact) mass is 198 g/mol. The Morgan fingerprint density at radius 1 is 1.43 bits per heavy atom. The second kappa shape index (κ2) is 4.60. The maximum atomic E-state index is 5.26. The predicted molar refractivity (Wildman–Crippen MR) is 57.4 cm³/mol.